The van der Waals surface area contributed by atoms with Crippen molar-refractivity contribution >= 4 is 40.1 Å². The Labute approximate surface area is 134 Å². The molecule has 8 heteroatoms. The largest absolute Gasteiger partial charge is 0.464 e. The zero-order valence-electron chi connectivity index (χ0n) is 11.1. The SMILES string of the molecule is COC(=O)c1ncc(CN)nc1Nc1ccc(I)cc1F. The van der Waals surface area contributed by atoms with Crippen LogP contribution in [0.1, 0.15) is 16.2 Å². The summed E-state index contributed by atoms with van der Waals surface area (Å²) in [5, 5.41) is 2.75. The summed E-state index contributed by atoms with van der Waals surface area (Å²) in [6.45, 7) is 0.151. The average Bonchev–Trinajstić information content (AvgIpc) is 2.49. The van der Waals surface area contributed by atoms with Crippen molar-refractivity contribution in [3.63, 3.8) is 0 Å². The quantitative estimate of drug-likeness (QED) is 0.602. The Bertz CT molecular complexity index is 681. The second-order valence-electron chi connectivity index (χ2n) is 4.00. The number of nitrogens with one attached hydrogen (secondary N) is 1. The van der Waals surface area contributed by atoms with Crippen LogP contribution in [-0.4, -0.2) is 23.0 Å². The minimum absolute atomic E-state index is 0.0346. The maximum absolute atomic E-state index is 13.9. The van der Waals surface area contributed by atoms with Crippen LogP contribution in [0.5, 0.6) is 0 Å². The molecule has 1 heterocycles. The van der Waals surface area contributed by atoms with Gasteiger partial charge in [0.15, 0.2) is 11.5 Å². The van der Waals surface area contributed by atoms with Gasteiger partial charge in [0.1, 0.15) is 5.82 Å². The highest BCUT2D eigenvalue weighted by molar-refractivity contribution is 14.1. The van der Waals surface area contributed by atoms with E-state index in [-0.39, 0.29) is 23.7 Å². The Hall–Kier alpha value is -1.81. The number of esters is 1. The maximum atomic E-state index is 13.9. The molecule has 2 rings (SSSR count). The van der Waals surface area contributed by atoms with Crippen molar-refractivity contribution in [3.05, 3.63) is 45.2 Å². The Morgan fingerprint density at radius 2 is 2.29 bits per heavy atom. The number of aromatic nitrogens is 2. The summed E-state index contributed by atoms with van der Waals surface area (Å²) in [6, 6.07) is 4.64. The molecule has 1 aromatic heterocycles. The Balaban J connectivity index is 2.43. The fourth-order valence-corrected chi connectivity index (χ4v) is 2.03. The topological polar surface area (TPSA) is 90.1 Å². The number of carbonyl (C=O) groups excluding carboxylic acids is 1. The minimum Gasteiger partial charge on any atom is -0.464 e. The molecule has 0 aliphatic heterocycles. The van der Waals surface area contributed by atoms with Crippen molar-refractivity contribution in [2.75, 3.05) is 12.4 Å². The van der Waals surface area contributed by atoms with Gasteiger partial charge in [0.25, 0.3) is 0 Å². The molecule has 0 atom stereocenters. The molecule has 2 aromatic rings. The molecule has 0 saturated carbocycles. The first-order chi connectivity index (χ1) is 10.0. The third-order valence-electron chi connectivity index (χ3n) is 2.59. The highest BCUT2D eigenvalue weighted by Gasteiger charge is 2.17. The molecule has 0 spiro atoms. The molecule has 0 radical (unpaired) electrons. The minimum atomic E-state index is -0.667. The van der Waals surface area contributed by atoms with Crippen LogP contribution in [0.4, 0.5) is 15.9 Å². The van der Waals surface area contributed by atoms with Gasteiger partial charge in [-0.1, -0.05) is 0 Å². The number of anilines is 2. The van der Waals surface area contributed by atoms with E-state index >= 15 is 0 Å². The Kier molecular flexibility index (Phi) is 5.02. The van der Waals surface area contributed by atoms with E-state index < -0.39 is 11.8 Å². The van der Waals surface area contributed by atoms with Gasteiger partial charge in [-0.3, -0.25) is 0 Å². The predicted molar refractivity (Wildman–Crippen MR) is 83.7 cm³/mol. The summed E-state index contributed by atoms with van der Waals surface area (Å²) in [5.41, 5.74) is 6.12. The molecule has 3 N–H and O–H groups in total. The van der Waals surface area contributed by atoms with E-state index in [9.17, 15) is 9.18 Å². The fraction of sp³-hybridized carbons (Fsp3) is 0.154. The van der Waals surface area contributed by atoms with Crippen LogP contribution in [0.2, 0.25) is 0 Å². The van der Waals surface area contributed by atoms with Crippen molar-refractivity contribution < 1.29 is 13.9 Å². The summed E-state index contributed by atoms with van der Waals surface area (Å²) in [7, 11) is 1.23. The molecule has 6 nitrogen and oxygen atoms in total. The summed E-state index contributed by atoms with van der Waals surface area (Å²) >= 11 is 2.00. The molecule has 21 heavy (non-hydrogen) atoms. The van der Waals surface area contributed by atoms with Crippen LogP contribution >= 0.6 is 22.6 Å². The van der Waals surface area contributed by atoms with E-state index in [1.165, 1.54) is 19.4 Å². The van der Waals surface area contributed by atoms with Gasteiger partial charge in [0.05, 0.1) is 24.7 Å². The smallest absolute Gasteiger partial charge is 0.360 e. The van der Waals surface area contributed by atoms with Crippen molar-refractivity contribution in [1.82, 2.24) is 9.97 Å². The zero-order valence-corrected chi connectivity index (χ0v) is 13.2. The Morgan fingerprint density at radius 1 is 1.52 bits per heavy atom. The summed E-state index contributed by atoms with van der Waals surface area (Å²) in [5.74, 6) is -1.03. The third-order valence-corrected chi connectivity index (χ3v) is 3.27. The number of methoxy groups -OCH3 is 1. The van der Waals surface area contributed by atoms with E-state index in [4.69, 9.17) is 5.73 Å². The highest BCUT2D eigenvalue weighted by Crippen LogP contribution is 2.22. The average molecular weight is 402 g/mol. The van der Waals surface area contributed by atoms with Gasteiger partial charge >= 0.3 is 5.97 Å². The van der Waals surface area contributed by atoms with Crippen molar-refractivity contribution in [1.29, 1.82) is 0 Å². The van der Waals surface area contributed by atoms with E-state index in [1.807, 2.05) is 22.6 Å². The number of nitrogens with zero attached hydrogens (tertiary/aromatic N) is 2. The molecule has 0 bridgehead atoms. The number of benzene rings is 1. The second-order valence-corrected chi connectivity index (χ2v) is 5.25. The summed E-state index contributed by atoms with van der Waals surface area (Å²) < 4.78 is 19.3. The molecule has 0 aliphatic rings. The number of rotatable bonds is 4. The first-order valence-corrected chi connectivity index (χ1v) is 6.99. The van der Waals surface area contributed by atoms with Crippen molar-refractivity contribution in [2.24, 2.45) is 5.73 Å². The number of hydrogen-bond acceptors (Lipinski definition) is 6. The van der Waals surface area contributed by atoms with Gasteiger partial charge in [0, 0.05) is 10.1 Å². The molecule has 0 unspecified atom stereocenters. The maximum Gasteiger partial charge on any atom is 0.360 e. The number of carbonyl (C=O) groups is 1. The molecule has 1 aromatic carbocycles. The normalized spacial score (nSPS) is 10.3. The molecule has 0 aliphatic carbocycles. The van der Waals surface area contributed by atoms with Gasteiger partial charge in [-0.2, -0.15) is 0 Å². The summed E-state index contributed by atoms with van der Waals surface area (Å²) in [6.07, 6.45) is 1.38. The standard InChI is InChI=1S/C13H12FIN4O2/c1-21-13(20)11-12(18-8(5-16)6-17-11)19-10-3-2-7(15)4-9(10)14/h2-4,6H,5,16H2,1H3,(H,18,19). The van der Waals surface area contributed by atoms with Gasteiger partial charge < -0.3 is 15.8 Å². The number of halogens is 2. The van der Waals surface area contributed by atoms with Crippen LogP contribution in [0, 0.1) is 9.39 Å². The van der Waals surface area contributed by atoms with Crippen LogP contribution in [0.25, 0.3) is 0 Å². The molecular formula is C13H12FIN4O2. The van der Waals surface area contributed by atoms with E-state index in [2.05, 4.69) is 20.0 Å². The van der Waals surface area contributed by atoms with Gasteiger partial charge in [0.2, 0.25) is 0 Å². The van der Waals surface area contributed by atoms with Gasteiger partial charge in [-0.05, 0) is 40.8 Å². The van der Waals surface area contributed by atoms with Gasteiger partial charge in [-0.15, -0.1) is 0 Å². The third kappa shape index (κ3) is 3.64. The van der Waals surface area contributed by atoms with E-state index in [0.717, 1.165) is 3.57 Å². The molecular weight excluding hydrogens is 390 g/mol. The van der Waals surface area contributed by atoms with Crippen molar-refractivity contribution in [2.45, 2.75) is 6.54 Å². The van der Waals surface area contributed by atoms with Crippen LogP contribution in [0.15, 0.2) is 24.4 Å². The van der Waals surface area contributed by atoms with Crippen LogP contribution < -0.4 is 11.1 Å². The van der Waals surface area contributed by atoms with Crippen LogP contribution in [-0.2, 0) is 11.3 Å². The zero-order chi connectivity index (χ0) is 15.4. The highest BCUT2D eigenvalue weighted by atomic mass is 127. The Morgan fingerprint density at radius 3 is 2.90 bits per heavy atom. The van der Waals surface area contributed by atoms with Crippen LogP contribution in [0.3, 0.4) is 0 Å². The van der Waals surface area contributed by atoms with E-state index in [1.54, 1.807) is 12.1 Å². The predicted octanol–water partition coefficient (Wildman–Crippen LogP) is 2.21. The second kappa shape index (κ2) is 6.76. The lowest BCUT2D eigenvalue weighted by Gasteiger charge is -2.11. The first-order valence-electron chi connectivity index (χ1n) is 5.91. The number of hydrogen-bond donors (Lipinski definition) is 2. The lowest BCUT2D eigenvalue weighted by atomic mass is 10.3. The molecule has 0 amide bonds. The number of ether oxygens (including phenoxy) is 1. The van der Waals surface area contributed by atoms with E-state index in [0.29, 0.717) is 5.69 Å². The number of nitrogens with two attached hydrogens (primary N) is 1. The lowest BCUT2D eigenvalue weighted by molar-refractivity contribution is 0.0595. The first kappa shape index (κ1) is 15.6. The lowest BCUT2D eigenvalue weighted by Crippen LogP contribution is -2.13. The molecule has 0 fully saturated rings. The molecule has 0 saturated heterocycles. The van der Waals surface area contributed by atoms with Crippen molar-refractivity contribution in [3.8, 4) is 0 Å². The van der Waals surface area contributed by atoms with Gasteiger partial charge in [-0.25, -0.2) is 19.2 Å². The summed E-state index contributed by atoms with van der Waals surface area (Å²) in [4.78, 5) is 19.8. The fourth-order valence-electron chi connectivity index (χ4n) is 1.58. The monoisotopic (exact) mass is 402 g/mol. The molecule has 110 valence electrons.